The fraction of sp³-hybridized carbons (Fsp3) is 0.467. The quantitative estimate of drug-likeness (QED) is 0.771. The van der Waals surface area contributed by atoms with E-state index in [9.17, 15) is 9.59 Å². The van der Waals surface area contributed by atoms with Crippen LogP contribution in [-0.2, 0) is 16.1 Å². The number of carboxylic acid groups (broad SMARTS) is 1. The number of halogens is 1. The molecule has 0 saturated heterocycles. The van der Waals surface area contributed by atoms with E-state index in [-0.39, 0.29) is 25.0 Å². The van der Waals surface area contributed by atoms with E-state index in [1.54, 1.807) is 11.0 Å². The first-order valence-electron chi connectivity index (χ1n) is 6.90. The number of carbonyl (C=O) groups excluding carboxylic acids is 1. The summed E-state index contributed by atoms with van der Waals surface area (Å²) >= 11 is 6.02. The van der Waals surface area contributed by atoms with E-state index in [1.165, 1.54) is 0 Å². The summed E-state index contributed by atoms with van der Waals surface area (Å²) in [6, 6.07) is 7.31. The molecule has 5 nitrogen and oxygen atoms in total. The molecule has 0 aromatic heterocycles. The smallest absolute Gasteiger partial charge is 0.317 e. The maximum atomic E-state index is 12.0. The Balaban J connectivity index is 2.54. The van der Waals surface area contributed by atoms with Crippen molar-refractivity contribution in [3.05, 3.63) is 34.9 Å². The van der Waals surface area contributed by atoms with Crippen molar-refractivity contribution < 1.29 is 14.7 Å². The van der Waals surface area contributed by atoms with E-state index in [2.05, 4.69) is 5.32 Å². The highest BCUT2D eigenvalue weighted by Gasteiger charge is 2.18. The van der Waals surface area contributed by atoms with Crippen LogP contribution >= 0.6 is 11.6 Å². The molecular weight excluding hydrogens is 292 g/mol. The molecule has 0 spiro atoms. The number of hydrogen-bond acceptors (Lipinski definition) is 3. The number of hydrogen-bond donors (Lipinski definition) is 2. The van der Waals surface area contributed by atoms with Crippen molar-refractivity contribution in [2.45, 2.75) is 32.9 Å². The van der Waals surface area contributed by atoms with Crippen molar-refractivity contribution in [2.75, 3.05) is 13.1 Å². The minimum atomic E-state index is -0.936. The van der Waals surface area contributed by atoms with Crippen molar-refractivity contribution in [2.24, 2.45) is 0 Å². The minimum absolute atomic E-state index is 0.0344. The molecule has 1 unspecified atom stereocenters. The summed E-state index contributed by atoms with van der Waals surface area (Å²) < 4.78 is 0. The van der Waals surface area contributed by atoms with Gasteiger partial charge in [0.15, 0.2) is 0 Å². The summed E-state index contributed by atoms with van der Waals surface area (Å²) in [5.41, 5.74) is 0.834. The van der Waals surface area contributed by atoms with Crippen molar-refractivity contribution in [3.63, 3.8) is 0 Å². The van der Waals surface area contributed by atoms with E-state index >= 15 is 0 Å². The second-order valence-corrected chi connectivity index (χ2v) is 5.33. The molecule has 1 rings (SSSR count). The summed E-state index contributed by atoms with van der Waals surface area (Å²) in [6.45, 7) is 4.12. The maximum absolute atomic E-state index is 12.0. The molecule has 21 heavy (non-hydrogen) atoms. The van der Waals surface area contributed by atoms with Gasteiger partial charge in [0.2, 0.25) is 5.91 Å². The molecule has 2 N–H and O–H groups in total. The zero-order valence-corrected chi connectivity index (χ0v) is 13.1. The van der Waals surface area contributed by atoms with Crippen molar-refractivity contribution in [3.8, 4) is 0 Å². The predicted molar refractivity (Wildman–Crippen MR) is 82.3 cm³/mol. The third kappa shape index (κ3) is 6.14. The topological polar surface area (TPSA) is 69.6 Å². The Kier molecular flexibility index (Phi) is 7.19. The molecule has 0 bridgehead atoms. The number of nitrogens with zero attached hydrogens (tertiary/aromatic N) is 1. The highest BCUT2D eigenvalue weighted by molar-refractivity contribution is 6.31. The van der Waals surface area contributed by atoms with Crippen LogP contribution in [0.5, 0.6) is 0 Å². The van der Waals surface area contributed by atoms with Crippen molar-refractivity contribution in [1.82, 2.24) is 10.2 Å². The highest BCUT2D eigenvalue weighted by atomic mass is 35.5. The van der Waals surface area contributed by atoms with E-state index in [0.29, 0.717) is 11.6 Å². The number of carbonyl (C=O) groups is 2. The molecule has 1 atom stereocenters. The van der Waals surface area contributed by atoms with Gasteiger partial charge in [-0.3, -0.25) is 14.5 Å². The van der Waals surface area contributed by atoms with Crippen LogP contribution in [0.15, 0.2) is 24.3 Å². The van der Waals surface area contributed by atoms with Crippen molar-refractivity contribution in [1.29, 1.82) is 0 Å². The largest absolute Gasteiger partial charge is 0.480 e. The second kappa shape index (κ2) is 8.64. The molecule has 0 aliphatic heterocycles. The number of nitrogens with one attached hydrogen (secondary N) is 1. The molecule has 0 aliphatic rings. The molecule has 1 aromatic carbocycles. The SMILES string of the molecule is CCC(C)N(CC(=O)O)CC(=O)NCc1ccccc1Cl. The molecule has 0 radical (unpaired) electrons. The molecule has 1 aromatic rings. The Hall–Kier alpha value is -1.59. The molecule has 1 amide bonds. The van der Waals surface area contributed by atoms with Gasteiger partial charge in [-0.05, 0) is 25.0 Å². The van der Waals surface area contributed by atoms with Crippen LogP contribution in [0.2, 0.25) is 5.02 Å². The van der Waals surface area contributed by atoms with Crippen LogP contribution in [0.25, 0.3) is 0 Å². The lowest BCUT2D eigenvalue weighted by atomic mass is 10.2. The minimum Gasteiger partial charge on any atom is -0.480 e. The Morgan fingerprint density at radius 3 is 2.57 bits per heavy atom. The number of amides is 1. The molecule has 0 aliphatic carbocycles. The summed E-state index contributed by atoms with van der Waals surface area (Å²) in [6.07, 6.45) is 0.783. The van der Waals surface area contributed by atoms with Gasteiger partial charge in [-0.15, -0.1) is 0 Å². The lowest BCUT2D eigenvalue weighted by molar-refractivity contribution is -0.139. The van der Waals surface area contributed by atoms with E-state index < -0.39 is 5.97 Å². The summed E-state index contributed by atoms with van der Waals surface area (Å²) in [7, 11) is 0. The third-order valence-corrected chi connectivity index (χ3v) is 3.70. The predicted octanol–water partition coefficient (Wildman–Crippen LogP) is 2.14. The van der Waals surface area contributed by atoms with Gasteiger partial charge in [0, 0.05) is 17.6 Å². The fourth-order valence-electron chi connectivity index (χ4n) is 1.88. The monoisotopic (exact) mass is 312 g/mol. The van der Waals surface area contributed by atoms with E-state index in [4.69, 9.17) is 16.7 Å². The molecule has 0 fully saturated rings. The average molecular weight is 313 g/mol. The first-order chi connectivity index (χ1) is 9.93. The highest BCUT2D eigenvalue weighted by Crippen LogP contribution is 2.14. The summed E-state index contributed by atoms with van der Waals surface area (Å²) in [4.78, 5) is 24.4. The molecular formula is C15H21ClN2O3. The van der Waals surface area contributed by atoms with Crippen LogP contribution in [0.1, 0.15) is 25.8 Å². The first-order valence-corrected chi connectivity index (χ1v) is 7.27. The zero-order chi connectivity index (χ0) is 15.8. The molecule has 6 heteroatoms. The van der Waals surface area contributed by atoms with Gasteiger partial charge in [-0.1, -0.05) is 36.7 Å². The average Bonchev–Trinajstić information content (AvgIpc) is 2.44. The number of benzene rings is 1. The summed E-state index contributed by atoms with van der Waals surface area (Å²) in [5, 5.41) is 12.3. The van der Waals surface area contributed by atoms with Crippen LogP contribution in [0, 0.1) is 0 Å². The Bertz CT molecular complexity index is 494. The van der Waals surface area contributed by atoms with Crippen LogP contribution in [0.4, 0.5) is 0 Å². The molecule has 0 saturated carbocycles. The lowest BCUT2D eigenvalue weighted by Gasteiger charge is -2.25. The Labute approximate surface area is 129 Å². The lowest BCUT2D eigenvalue weighted by Crippen LogP contribution is -2.44. The van der Waals surface area contributed by atoms with Gasteiger partial charge in [-0.2, -0.15) is 0 Å². The van der Waals surface area contributed by atoms with Gasteiger partial charge in [-0.25, -0.2) is 0 Å². The number of rotatable bonds is 8. The maximum Gasteiger partial charge on any atom is 0.317 e. The molecule has 116 valence electrons. The first kappa shape index (κ1) is 17.5. The van der Waals surface area contributed by atoms with E-state index in [1.807, 2.05) is 32.0 Å². The van der Waals surface area contributed by atoms with Gasteiger partial charge in [0.25, 0.3) is 0 Å². The molecule has 0 heterocycles. The van der Waals surface area contributed by atoms with Crippen LogP contribution in [0.3, 0.4) is 0 Å². The van der Waals surface area contributed by atoms with E-state index in [0.717, 1.165) is 12.0 Å². The number of aliphatic carboxylic acids is 1. The van der Waals surface area contributed by atoms with Crippen LogP contribution in [-0.4, -0.2) is 41.0 Å². The van der Waals surface area contributed by atoms with Gasteiger partial charge < -0.3 is 10.4 Å². The van der Waals surface area contributed by atoms with Crippen LogP contribution < -0.4 is 5.32 Å². The zero-order valence-electron chi connectivity index (χ0n) is 12.3. The normalized spacial score (nSPS) is 12.2. The third-order valence-electron chi connectivity index (χ3n) is 3.33. The summed E-state index contributed by atoms with van der Waals surface area (Å²) in [5.74, 6) is -1.15. The van der Waals surface area contributed by atoms with Gasteiger partial charge >= 0.3 is 5.97 Å². The number of carboxylic acids is 1. The second-order valence-electron chi connectivity index (χ2n) is 4.92. The van der Waals surface area contributed by atoms with Crippen molar-refractivity contribution >= 4 is 23.5 Å². The van der Waals surface area contributed by atoms with Gasteiger partial charge in [0.05, 0.1) is 13.1 Å². The Morgan fingerprint density at radius 2 is 2.00 bits per heavy atom. The standard InChI is InChI=1S/C15H21ClN2O3/c1-3-11(2)18(10-15(20)21)9-14(19)17-8-12-6-4-5-7-13(12)16/h4-7,11H,3,8-10H2,1-2H3,(H,17,19)(H,20,21). The Morgan fingerprint density at radius 1 is 1.33 bits per heavy atom. The van der Waals surface area contributed by atoms with Gasteiger partial charge in [0.1, 0.15) is 0 Å². The fourth-order valence-corrected chi connectivity index (χ4v) is 2.08.